The second kappa shape index (κ2) is 9.32. The molecule has 1 amide bonds. The second-order valence-electron chi connectivity index (χ2n) is 5.62. The Morgan fingerprint density at radius 2 is 2.15 bits per heavy atom. The number of hydrogen-bond donors (Lipinski definition) is 1. The van der Waals surface area contributed by atoms with Gasteiger partial charge in [0.1, 0.15) is 0 Å². The van der Waals surface area contributed by atoms with Gasteiger partial charge in [0.25, 0.3) is 0 Å². The molecular weight excluding hydrogens is 254 g/mol. The summed E-state index contributed by atoms with van der Waals surface area (Å²) in [6.07, 6.45) is 2.92. The Morgan fingerprint density at radius 3 is 2.70 bits per heavy atom. The van der Waals surface area contributed by atoms with Gasteiger partial charge in [-0.25, -0.2) is 0 Å². The average Bonchev–Trinajstić information content (AvgIpc) is 2.46. The number of carbonyl (C=O) groups excluding carboxylic acids is 1. The van der Waals surface area contributed by atoms with Crippen molar-refractivity contribution in [2.75, 3.05) is 46.4 Å². The molecule has 2 unspecified atom stereocenters. The molecule has 0 aliphatic carbocycles. The Labute approximate surface area is 123 Å². The topological polar surface area (TPSA) is 58.8 Å². The Morgan fingerprint density at radius 1 is 1.45 bits per heavy atom. The molecule has 118 valence electrons. The second-order valence-corrected chi connectivity index (χ2v) is 5.62. The summed E-state index contributed by atoms with van der Waals surface area (Å²) >= 11 is 0. The van der Waals surface area contributed by atoms with Crippen LogP contribution in [0.3, 0.4) is 0 Å². The molecule has 1 rings (SSSR count). The van der Waals surface area contributed by atoms with E-state index in [-0.39, 0.29) is 11.9 Å². The van der Waals surface area contributed by atoms with E-state index in [1.54, 1.807) is 7.11 Å². The van der Waals surface area contributed by atoms with Crippen molar-refractivity contribution in [2.45, 2.75) is 39.2 Å². The number of methoxy groups -OCH3 is 1. The molecule has 1 heterocycles. The normalized spacial score (nSPS) is 21.7. The minimum Gasteiger partial charge on any atom is -0.384 e. The van der Waals surface area contributed by atoms with Crippen LogP contribution in [0.25, 0.3) is 0 Å². The van der Waals surface area contributed by atoms with E-state index in [1.165, 1.54) is 12.8 Å². The molecule has 1 aliphatic rings. The van der Waals surface area contributed by atoms with Gasteiger partial charge in [-0.05, 0) is 39.2 Å². The molecule has 0 spiro atoms. The van der Waals surface area contributed by atoms with Gasteiger partial charge in [-0.3, -0.25) is 9.69 Å². The van der Waals surface area contributed by atoms with E-state index in [0.717, 1.165) is 32.8 Å². The van der Waals surface area contributed by atoms with Gasteiger partial charge in [0.2, 0.25) is 5.91 Å². The van der Waals surface area contributed by atoms with Crippen LogP contribution in [0, 0.1) is 5.92 Å². The van der Waals surface area contributed by atoms with Gasteiger partial charge in [0, 0.05) is 45.8 Å². The SMILES string of the molecule is CCN(CC)C(=O)CC(CN)N1CCCC(COC)C1. The van der Waals surface area contributed by atoms with Crippen LogP contribution in [0.5, 0.6) is 0 Å². The van der Waals surface area contributed by atoms with E-state index in [0.29, 0.717) is 18.9 Å². The molecule has 1 fully saturated rings. The minimum atomic E-state index is 0.169. The van der Waals surface area contributed by atoms with Crippen molar-refractivity contribution in [3.8, 4) is 0 Å². The molecule has 0 aromatic carbocycles. The Balaban J connectivity index is 2.54. The Bertz CT molecular complexity index is 280. The van der Waals surface area contributed by atoms with Crippen LogP contribution in [-0.2, 0) is 9.53 Å². The van der Waals surface area contributed by atoms with Crippen LogP contribution < -0.4 is 5.73 Å². The number of likely N-dealkylation sites (tertiary alicyclic amines) is 1. The van der Waals surface area contributed by atoms with Crippen LogP contribution in [-0.4, -0.2) is 68.2 Å². The zero-order valence-electron chi connectivity index (χ0n) is 13.3. The van der Waals surface area contributed by atoms with Crippen molar-refractivity contribution in [3.05, 3.63) is 0 Å². The molecule has 20 heavy (non-hydrogen) atoms. The summed E-state index contributed by atoms with van der Waals surface area (Å²) in [5.74, 6) is 0.797. The van der Waals surface area contributed by atoms with Crippen molar-refractivity contribution in [1.29, 1.82) is 0 Å². The monoisotopic (exact) mass is 285 g/mol. The number of ether oxygens (including phenoxy) is 1. The average molecular weight is 285 g/mol. The summed E-state index contributed by atoms with van der Waals surface area (Å²) in [4.78, 5) is 16.5. The van der Waals surface area contributed by atoms with Gasteiger partial charge >= 0.3 is 0 Å². The first-order valence-electron chi connectivity index (χ1n) is 7.87. The fourth-order valence-corrected chi connectivity index (χ4v) is 3.07. The lowest BCUT2D eigenvalue weighted by atomic mass is 9.96. The van der Waals surface area contributed by atoms with E-state index in [4.69, 9.17) is 10.5 Å². The summed E-state index contributed by atoms with van der Waals surface area (Å²) in [5, 5.41) is 0. The summed E-state index contributed by atoms with van der Waals surface area (Å²) in [5.41, 5.74) is 5.91. The van der Waals surface area contributed by atoms with E-state index in [1.807, 2.05) is 18.7 Å². The molecule has 0 saturated carbocycles. The third-order valence-corrected chi connectivity index (χ3v) is 4.27. The van der Waals surface area contributed by atoms with E-state index in [2.05, 4.69) is 4.90 Å². The van der Waals surface area contributed by atoms with Gasteiger partial charge in [-0.2, -0.15) is 0 Å². The standard InChI is InChI=1S/C15H31N3O2/c1-4-17(5-2)15(19)9-14(10-16)18-8-6-7-13(11-18)12-20-3/h13-14H,4-12,16H2,1-3H3. The summed E-state index contributed by atoms with van der Waals surface area (Å²) in [7, 11) is 1.75. The number of rotatable bonds is 8. The highest BCUT2D eigenvalue weighted by molar-refractivity contribution is 5.76. The zero-order chi connectivity index (χ0) is 15.0. The van der Waals surface area contributed by atoms with Crippen LogP contribution in [0.1, 0.15) is 33.1 Å². The number of amides is 1. The highest BCUT2D eigenvalue weighted by atomic mass is 16.5. The fourth-order valence-electron chi connectivity index (χ4n) is 3.07. The van der Waals surface area contributed by atoms with Crippen molar-refractivity contribution in [1.82, 2.24) is 9.80 Å². The van der Waals surface area contributed by atoms with E-state index < -0.39 is 0 Å². The molecule has 2 atom stereocenters. The van der Waals surface area contributed by atoms with Crippen LogP contribution in [0.15, 0.2) is 0 Å². The maximum atomic E-state index is 12.2. The summed E-state index contributed by atoms with van der Waals surface area (Å²) in [6.45, 7) is 9.00. The van der Waals surface area contributed by atoms with E-state index in [9.17, 15) is 4.79 Å². The molecule has 0 bridgehead atoms. The molecule has 1 aliphatic heterocycles. The number of piperidine rings is 1. The first-order valence-corrected chi connectivity index (χ1v) is 7.87. The van der Waals surface area contributed by atoms with Gasteiger partial charge in [-0.1, -0.05) is 0 Å². The third-order valence-electron chi connectivity index (χ3n) is 4.27. The largest absolute Gasteiger partial charge is 0.384 e. The zero-order valence-corrected chi connectivity index (χ0v) is 13.3. The van der Waals surface area contributed by atoms with Gasteiger partial charge in [0.15, 0.2) is 0 Å². The highest BCUT2D eigenvalue weighted by Crippen LogP contribution is 2.20. The quantitative estimate of drug-likeness (QED) is 0.721. The summed E-state index contributed by atoms with van der Waals surface area (Å²) < 4.78 is 5.26. The molecule has 1 saturated heterocycles. The van der Waals surface area contributed by atoms with E-state index >= 15 is 0 Å². The lowest BCUT2D eigenvalue weighted by Gasteiger charge is -2.38. The number of nitrogens with two attached hydrogens (primary N) is 1. The fraction of sp³-hybridized carbons (Fsp3) is 0.933. The van der Waals surface area contributed by atoms with Crippen molar-refractivity contribution < 1.29 is 9.53 Å². The molecule has 5 heteroatoms. The maximum Gasteiger partial charge on any atom is 0.224 e. The van der Waals surface area contributed by atoms with Crippen molar-refractivity contribution in [2.24, 2.45) is 11.7 Å². The van der Waals surface area contributed by atoms with Gasteiger partial charge in [0.05, 0.1) is 6.61 Å². The van der Waals surface area contributed by atoms with Gasteiger partial charge < -0.3 is 15.4 Å². The van der Waals surface area contributed by atoms with Crippen LogP contribution in [0.2, 0.25) is 0 Å². The first-order chi connectivity index (χ1) is 9.65. The molecule has 0 radical (unpaired) electrons. The van der Waals surface area contributed by atoms with Crippen molar-refractivity contribution >= 4 is 5.91 Å². The van der Waals surface area contributed by atoms with Gasteiger partial charge in [-0.15, -0.1) is 0 Å². The molecule has 0 aromatic heterocycles. The van der Waals surface area contributed by atoms with Crippen LogP contribution in [0.4, 0.5) is 0 Å². The molecule has 0 aromatic rings. The molecule has 5 nitrogen and oxygen atoms in total. The number of nitrogens with zero attached hydrogens (tertiary/aromatic N) is 2. The number of hydrogen-bond acceptors (Lipinski definition) is 4. The molecular formula is C15H31N3O2. The summed E-state index contributed by atoms with van der Waals surface area (Å²) in [6, 6.07) is 0.169. The molecule has 2 N–H and O–H groups in total. The number of carbonyl (C=O) groups is 1. The lowest BCUT2D eigenvalue weighted by molar-refractivity contribution is -0.132. The van der Waals surface area contributed by atoms with Crippen molar-refractivity contribution in [3.63, 3.8) is 0 Å². The minimum absolute atomic E-state index is 0.169. The lowest BCUT2D eigenvalue weighted by Crippen LogP contribution is -2.49. The Kier molecular flexibility index (Phi) is 8.11. The first kappa shape index (κ1) is 17.4. The third kappa shape index (κ3) is 5.04. The van der Waals surface area contributed by atoms with Crippen LogP contribution >= 0.6 is 0 Å². The predicted octanol–water partition coefficient (Wildman–Crippen LogP) is 0.931. The highest BCUT2D eigenvalue weighted by Gasteiger charge is 2.27. The predicted molar refractivity (Wildman–Crippen MR) is 81.6 cm³/mol. The Hall–Kier alpha value is -0.650. The maximum absolute atomic E-state index is 12.2. The smallest absolute Gasteiger partial charge is 0.224 e.